The minimum atomic E-state index is 0.0279. The smallest absolute Gasteiger partial charge is 0.222 e. The van der Waals surface area contributed by atoms with Gasteiger partial charge in [-0.25, -0.2) is 0 Å². The predicted molar refractivity (Wildman–Crippen MR) is 63.7 cm³/mol. The summed E-state index contributed by atoms with van der Waals surface area (Å²) in [5, 5.41) is 9.24. The van der Waals surface area contributed by atoms with E-state index < -0.39 is 0 Å². The Morgan fingerprint density at radius 3 is 2.94 bits per heavy atom. The van der Waals surface area contributed by atoms with E-state index in [1.54, 1.807) is 0 Å². The number of aliphatic hydroxyl groups is 1. The van der Waals surface area contributed by atoms with Gasteiger partial charge in [-0.2, -0.15) is 0 Å². The third-order valence-electron chi connectivity index (χ3n) is 3.35. The number of hydrogen-bond acceptors (Lipinski definition) is 2. The molecule has 2 unspecified atom stereocenters. The molecule has 1 N–H and O–H groups in total. The second-order valence-corrected chi connectivity index (χ2v) is 4.51. The fraction of sp³-hybridized carbons (Fsp3) is 0.769. The quantitative estimate of drug-likeness (QED) is 0.565. The number of amides is 1. The second-order valence-electron chi connectivity index (χ2n) is 4.51. The van der Waals surface area contributed by atoms with Gasteiger partial charge in [0.05, 0.1) is 12.6 Å². The molecule has 0 saturated carbocycles. The molecule has 1 aliphatic heterocycles. The highest BCUT2D eigenvalue weighted by Crippen LogP contribution is 2.24. The molecule has 1 fully saturated rings. The van der Waals surface area contributed by atoms with E-state index in [0.29, 0.717) is 12.3 Å². The molecule has 90 valence electrons. The molecule has 1 amide bonds. The highest BCUT2D eigenvalue weighted by molar-refractivity contribution is 5.76. The number of terminal acetylenes is 1. The minimum absolute atomic E-state index is 0.0279. The van der Waals surface area contributed by atoms with Crippen molar-refractivity contribution in [2.45, 2.75) is 45.1 Å². The van der Waals surface area contributed by atoms with E-state index in [9.17, 15) is 9.90 Å². The summed E-state index contributed by atoms with van der Waals surface area (Å²) < 4.78 is 0. The van der Waals surface area contributed by atoms with Gasteiger partial charge in [-0.1, -0.05) is 6.92 Å². The van der Waals surface area contributed by atoms with Crippen LogP contribution in [0.2, 0.25) is 0 Å². The molecular formula is C13H21NO2. The average Bonchev–Trinajstić information content (AvgIpc) is 2.65. The molecule has 3 nitrogen and oxygen atoms in total. The van der Waals surface area contributed by atoms with E-state index in [1.807, 2.05) is 4.90 Å². The summed E-state index contributed by atoms with van der Waals surface area (Å²) in [5.41, 5.74) is 0. The topological polar surface area (TPSA) is 40.5 Å². The lowest BCUT2D eigenvalue weighted by Crippen LogP contribution is -2.39. The van der Waals surface area contributed by atoms with Gasteiger partial charge < -0.3 is 10.0 Å². The number of likely N-dealkylation sites (tertiary alicyclic amines) is 1. The van der Waals surface area contributed by atoms with E-state index in [4.69, 9.17) is 6.42 Å². The number of hydrogen-bond donors (Lipinski definition) is 1. The molecule has 0 bridgehead atoms. The number of carbonyl (C=O) groups excluding carboxylic acids is 1. The van der Waals surface area contributed by atoms with Crippen molar-refractivity contribution < 1.29 is 9.90 Å². The Morgan fingerprint density at radius 2 is 2.31 bits per heavy atom. The zero-order valence-corrected chi connectivity index (χ0v) is 9.98. The van der Waals surface area contributed by atoms with E-state index >= 15 is 0 Å². The summed E-state index contributed by atoms with van der Waals surface area (Å²) in [6, 6.07) is 0.0279. The van der Waals surface area contributed by atoms with Crippen LogP contribution in [0, 0.1) is 18.3 Å². The van der Waals surface area contributed by atoms with Crippen LogP contribution in [0.15, 0.2) is 0 Å². The third-order valence-corrected chi connectivity index (χ3v) is 3.35. The number of nitrogens with zero attached hydrogens (tertiary/aromatic N) is 1. The summed E-state index contributed by atoms with van der Waals surface area (Å²) in [6.45, 7) is 2.96. The summed E-state index contributed by atoms with van der Waals surface area (Å²) in [5.74, 6) is 3.16. The summed E-state index contributed by atoms with van der Waals surface area (Å²) >= 11 is 0. The molecule has 0 spiro atoms. The molecule has 16 heavy (non-hydrogen) atoms. The first kappa shape index (κ1) is 13.1. The van der Waals surface area contributed by atoms with Crippen molar-refractivity contribution in [2.24, 2.45) is 5.92 Å². The summed E-state index contributed by atoms with van der Waals surface area (Å²) in [7, 11) is 0. The largest absolute Gasteiger partial charge is 0.394 e. The minimum Gasteiger partial charge on any atom is -0.394 e. The lowest BCUT2D eigenvalue weighted by molar-refractivity contribution is -0.133. The standard InChI is InChI=1S/C13H21NO2/c1-3-4-5-6-7-13(16)14-9-8-11(2)12(14)10-15/h1,11-12,15H,4-10H2,2H3. The molecule has 0 aromatic heterocycles. The van der Waals surface area contributed by atoms with Crippen LogP contribution in [-0.2, 0) is 4.79 Å². The maximum atomic E-state index is 11.9. The Bertz CT molecular complexity index is 270. The Kier molecular flexibility index (Phi) is 5.34. The zero-order chi connectivity index (χ0) is 12.0. The van der Waals surface area contributed by atoms with Crippen molar-refractivity contribution in [2.75, 3.05) is 13.2 Å². The number of aliphatic hydroxyl groups excluding tert-OH is 1. The van der Waals surface area contributed by atoms with Gasteiger partial charge in [-0.05, 0) is 25.2 Å². The average molecular weight is 223 g/mol. The maximum absolute atomic E-state index is 11.9. The molecule has 3 heteroatoms. The van der Waals surface area contributed by atoms with Crippen LogP contribution in [-0.4, -0.2) is 35.1 Å². The SMILES string of the molecule is C#CCCCCC(=O)N1CCC(C)C1CO. The van der Waals surface area contributed by atoms with Gasteiger partial charge in [0.2, 0.25) is 5.91 Å². The molecule has 2 atom stereocenters. The van der Waals surface area contributed by atoms with Crippen LogP contribution in [0.1, 0.15) is 39.0 Å². The Morgan fingerprint density at radius 1 is 1.56 bits per heavy atom. The maximum Gasteiger partial charge on any atom is 0.222 e. The van der Waals surface area contributed by atoms with E-state index in [1.165, 1.54) is 0 Å². The van der Waals surface area contributed by atoms with E-state index in [2.05, 4.69) is 12.8 Å². The van der Waals surface area contributed by atoms with Crippen molar-refractivity contribution in [3.8, 4) is 12.3 Å². The first-order valence-corrected chi connectivity index (χ1v) is 6.04. The van der Waals surface area contributed by atoms with Gasteiger partial charge >= 0.3 is 0 Å². The van der Waals surface area contributed by atoms with E-state index in [-0.39, 0.29) is 18.6 Å². The summed E-state index contributed by atoms with van der Waals surface area (Å²) in [6.07, 6.45) is 9.22. The number of unbranched alkanes of at least 4 members (excludes halogenated alkanes) is 2. The van der Waals surface area contributed by atoms with Gasteiger partial charge in [0.25, 0.3) is 0 Å². The molecule has 0 aromatic carbocycles. The summed E-state index contributed by atoms with van der Waals surface area (Å²) in [4.78, 5) is 13.7. The molecular weight excluding hydrogens is 202 g/mol. The fourth-order valence-electron chi connectivity index (χ4n) is 2.24. The van der Waals surface area contributed by atoms with Gasteiger partial charge in [0.15, 0.2) is 0 Å². The monoisotopic (exact) mass is 223 g/mol. The Hall–Kier alpha value is -1.01. The first-order chi connectivity index (χ1) is 7.70. The Balaban J connectivity index is 2.33. The molecule has 0 aliphatic carbocycles. The van der Waals surface area contributed by atoms with Gasteiger partial charge in [0.1, 0.15) is 0 Å². The van der Waals surface area contributed by atoms with Crippen LogP contribution < -0.4 is 0 Å². The normalized spacial score (nSPS) is 24.4. The lowest BCUT2D eigenvalue weighted by atomic mass is 10.0. The van der Waals surface area contributed by atoms with Crippen molar-refractivity contribution in [3.63, 3.8) is 0 Å². The van der Waals surface area contributed by atoms with Crippen molar-refractivity contribution in [1.82, 2.24) is 4.90 Å². The Labute approximate surface area is 97.8 Å². The van der Waals surface area contributed by atoms with Crippen LogP contribution in [0.4, 0.5) is 0 Å². The van der Waals surface area contributed by atoms with Crippen LogP contribution in [0.25, 0.3) is 0 Å². The highest BCUT2D eigenvalue weighted by Gasteiger charge is 2.33. The van der Waals surface area contributed by atoms with E-state index in [0.717, 1.165) is 32.2 Å². The molecule has 0 radical (unpaired) electrons. The van der Waals surface area contributed by atoms with Crippen LogP contribution in [0.5, 0.6) is 0 Å². The van der Waals surface area contributed by atoms with Crippen molar-refractivity contribution in [3.05, 3.63) is 0 Å². The molecule has 1 saturated heterocycles. The molecule has 1 aliphatic rings. The van der Waals surface area contributed by atoms with Crippen molar-refractivity contribution >= 4 is 5.91 Å². The van der Waals surface area contributed by atoms with Crippen molar-refractivity contribution in [1.29, 1.82) is 0 Å². The number of rotatable bonds is 5. The van der Waals surface area contributed by atoms with Gasteiger partial charge in [-0.3, -0.25) is 4.79 Å². The molecule has 1 rings (SSSR count). The van der Waals surface area contributed by atoms with Crippen LogP contribution >= 0.6 is 0 Å². The molecule has 0 aromatic rings. The van der Waals surface area contributed by atoms with Crippen LogP contribution in [0.3, 0.4) is 0 Å². The predicted octanol–water partition coefficient (Wildman–Crippen LogP) is 1.41. The third kappa shape index (κ3) is 3.24. The lowest BCUT2D eigenvalue weighted by Gasteiger charge is -2.25. The zero-order valence-electron chi connectivity index (χ0n) is 9.98. The second kappa shape index (κ2) is 6.55. The fourth-order valence-corrected chi connectivity index (χ4v) is 2.24. The molecule has 1 heterocycles. The van der Waals surface area contributed by atoms with Gasteiger partial charge in [-0.15, -0.1) is 12.3 Å². The van der Waals surface area contributed by atoms with Gasteiger partial charge in [0, 0.05) is 19.4 Å². The number of carbonyl (C=O) groups is 1. The first-order valence-electron chi connectivity index (χ1n) is 6.04. The highest BCUT2D eigenvalue weighted by atomic mass is 16.3.